The van der Waals surface area contributed by atoms with Crippen molar-refractivity contribution in [1.29, 1.82) is 0 Å². The Morgan fingerprint density at radius 2 is 2.00 bits per heavy atom. The van der Waals surface area contributed by atoms with E-state index in [2.05, 4.69) is 35.9 Å². The molecule has 0 radical (unpaired) electrons. The van der Waals surface area contributed by atoms with E-state index in [0.717, 1.165) is 6.42 Å². The van der Waals surface area contributed by atoms with E-state index in [0.29, 0.717) is 22.5 Å². The summed E-state index contributed by atoms with van der Waals surface area (Å²) in [4.78, 5) is 8.09. The van der Waals surface area contributed by atoms with Crippen LogP contribution in [-0.4, -0.2) is 24.9 Å². The molecule has 0 aliphatic heterocycles. The number of hydrogen-bond acceptors (Lipinski definition) is 5. The van der Waals surface area contributed by atoms with Crippen molar-refractivity contribution in [3.63, 3.8) is 0 Å². The number of rotatable bonds is 6. The van der Waals surface area contributed by atoms with E-state index in [9.17, 15) is 8.42 Å². The molecule has 8 heteroatoms. The molecule has 0 amide bonds. The number of sulfonamides is 1. The highest BCUT2D eigenvalue weighted by Crippen LogP contribution is 2.25. The van der Waals surface area contributed by atoms with Crippen LogP contribution < -0.4 is 10.0 Å². The number of halogens is 1. The third-order valence-electron chi connectivity index (χ3n) is 2.58. The molecule has 2 rings (SSSR count). The first kappa shape index (κ1) is 15.7. The summed E-state index contributed by atoms with van der Waals surface area (Å²) < 4.78 is 28.1. The summed E-state index contributed by atoms with van der Waals surface area (Å²) in [6.45, 7) is 2.64. The van der Waals surface area contributed by atoms with Crippen LogP contribution in [0.4, 0.5) is 11.5 Å². The van der Waals surface area contributed by atoms with Crippen LogP contribution in [0.1, 0.15) is 13.3 Å². The van der Waals surface area contributed by atoms with Gasteiger partial charge in [0.1, 0.15) is 10.7 Å². The van der Waals surface area contributed by atoms with Crippen LogP contribution in [0.3, 0.4) is 0 Å². The van der Waals surface area contributed by atoms with Gasteiger partial charge in [-0.05, 0) is 40.5 Å². The fourth-order valence-electron chi connectivity index (χ4n) is 1.63. The van der Waals surface area contributed by atoms with Crippen LogP contribution >= 0.6 is 15.9 Å². The van der Waals surface area contributed by atoms with Gasteiger partial charge in [-0.3, -0.25) is 9.71 Å². The monoisotopic (exact) mass is 370 g/mol. The fourth-order valence-corrected chi connectivity index (χ4v) is 3.33. The maximum Gasteiger partial charge on any atom is 0.265 e. The maximum absolute atomic E-state index is 12.5. The maximum atomic E-state index is 12.5. The summed E-state index contributed by atoms with van der Waals surface area (Å²) in [6.07, 6.45) is 5.47. The zero-order chi connectivity index (χ0) is 15.3. The molecule has 112 valence electrons. The highest BCUT2D eigenvalue weighted by molar-refractivity contribution is 9.10. The topological polar surface area (TPSA) is 84.0 Å². The lowest BCUT2D eigenvalue weighted by Gasteiger charge is -2.13. The molecule has 2 heterocycles. The Kier molecular flexibility index (Phi) is 5.13. The Morgan fingerprint density at radius 3 is 2.67 bits per heavy atom. The van der Waals surface area contributed by atoms with E-state index in [1.54, 1.807) is 18.3 Å². The van der Waals surface area contributed by atoms with Gasteiger partial charge in [0.25, 0.3) is 10.0 Å². The number of aromatic nitrogens is 2. The lowest BCUT2D eigenvalue weighted by Crippen LogP contribution is -2.16. The summed E-state index contributed by atoms with van der Waals surface area (Å²) in [7, 11) is -3.73. The number of hydrogen-bond donors (Lipinski definition) is 2. The fraction of sp³-hybridized carbons (Fsp3) is 0.231. The van der Waals surface area contributed by atoms with Crippen LogP contribution in [0, 0.1) is 0 Å². The second kappa shape index (κ2) is 6.86. The molecule has 2 aromatic rings. The highest BCUT2D eigenvalue weighted by Gasteiger charge is 2.20. The van der Waals surface area contributed by atoms with Crippen LogP contribution in [0.15, 0.2) is 46.2 Å². The minimum atomic E-state index is -3.73. The average molecular weight is 371 g/mol. The standard InChI is InChI=1S/C13H15BrN4O2S/c1-2-5-16-13-12(8-10(14)9-17-13)21(19,20)18-11-3-6-15-7-4-11/h3-4,6-9H,2,5H2,1H3,(H,15,18)(H,16,17). The van der Waals surface area contributed by atoms with Crippen molar-refractivity contribution in [2.45, 2.75) is 18.2 Å². The predicted octanol–water partition coefficient (Wildman–Crippen LogP) is 2.86. The molecule has 0 bridgehead atoms. The minimum Gasteiger partial charge on any atom is -0.369 e. The molecule has 0 atom stereocenters. The molecule has 0 saturated heterocycles. The lowest BCUT2D eigenvalue weighted by molar-refractivity contribution is 0.601. The molecule has 0 aromatic carbocycles. The Labute approximate surface area is 132 Å². The SMILES string of the molecule is CCCNc1ncc(Br)cc1S(=O)(=O)Nc1ccncc1. The first-order valence-corrected chi connectivity index (χ1v) is 8.63. The van der Waals surface area contributed by atoms with Crippen molar-refractivity contribution in [2.75, 3.05) is 16.6 Å². The first-order chi connectivity index (χ1) is 10.0. The molecule has 0 fully saturated rings. The first-order valence-electron chi connectivity index (χ1n) is 6.35. The van der Waals surface area contributed by atoms with Crippen LogP contribution in [-0.2, 0) is 10.0 Å². The Bertz CT molecular complexity index is 707. The molecule has 21 heavy (non-hydrogen) atoms. The van der Waals surface area contributed by atoms with Crippen LogP contribution in [0.5, 0.6) is 0 Å². The zero-order valence-corrected chi connectivity index (χ0v) is 13.8. The lowest BCUT2D eigenvalue weighted by atomic mass is 10.4. The minimum absolute atomic E-state index is 0.0992. The second-order valence-electron chi connectivity index (χ2n) is 4.27. The number of nitrogens with one attached hydrogen (secondary N) is 2. The number of anilines is 2. The number of nitrogens with zero attached hydrogens (tertiary/aromatic N) is 2. The average Bonchev–Trinajstić information content (AvgIpc) is 2.46. The smallest absolute Gasteiger partial charge is 0.265 e. The van der Waals surface area contributed by atoms with Gasteiger partial charge < -0.3 is 5.32 Å². The Morgan fingerprint density at radius 1 is 1.29 bits per heavy atom. The Balaban J connectivity index is 2.36. The molecular weight excluding hydrogens is 356 g/mol. The summed E-state index contributed by atoms with van der Waals surface area (Å²) in [5.74, 6) is 0.335. The van der Waals surface area contributed by atoms with E-state index in [1.165, 1.54) is 18.5 Å². The largest absolute Gasteiger partial charge is 0.369 e. The zero-order valence-electron chi connectivity index (χ0n) is 11.4. The molecule has 0 saturated carbocycles. The summed E-state index contributed by atoms with van der Waals surface area (Å²) >= 11 is 3.25. The summed E-state index contributed by atoms with van der Waals surface area (Å²) in [6, 6.07) is 4.69. The van der Waals surface area contributed by atoms with E-state index in [-0.39, 0.29) is 4.90 Å². The van der Waals surface area contributed by atoms with Crippen molar-refractivity contribution in [2.24, 2.45) is 0 Å². The van der Waals surface area contributed by atoms with E-state index in [1.807, 2.05) is 6.92 Å². The third kappa shape index (κ3) is 4.15. The molecule has 0 unspecified atom stereocenters. The van der Waals surface area contributed by atoms with Gasteiger partial charge >= 0.3 is 0 Å². The molecule has 2 N–H and O–H groups in total. The predicted molar refractivity (Wildman–Crippen MR) is 85.8 cm³/mol. The summed E-state index contributed by atoms with van der Waals surface area (Å²) in [5.41, 5.74) is 0.450. The van der Waals surface area contributed by atoms with Gasteiger partial charge in [0.15, 0.2) is 0 Å². The van der Waals surface area contributed by atoms with Crippen LogP contribution in [0.25, 0.3) is 0 Å². The third-order valence-corrected chi connectivity index (χ3v) is 4.41. The van der Waals surface area contributed by atoms with Crippen molar-refractivity contribution in [3.05, 3.63) is 41.3 Å². The van der Waals surface area contributed by atoms with Crippen molar-refractivity contribution in [1.82, 2.24) is 9.97 Å². The van der Waals surface area contributed by atoms with E-state index in [4.69, 9.17) is 0 Å². The van der Waals surface area contributed by atoms with E-state index >= 15 is 0 Å². The molecular formula is C13H15BrN4O2S. The quantitative estimate of drug-likeness (QED) is 0.816. The number of pyridine rings is 2. The molecule has 2 aromatic heterocycles. The van der Waals surface area contributed by atoms with Gasteiger partial charge in [-0.15, -0.1) is 0 Å². The van der Waals surface area contributed by atoms with Gasteiger partial charge in [0.05, 0.1) is 5.69 Å². The molecule has 0 aliphatic carbocycles. The van der Waals surface area contributed by atoms with Gasteiger partial charge in [-0.25, -0.2) is 13.4 Å². The van der Waals surface area contributed by atoms with Crippen LogP contribution in [0.2, 0.25) is 0 Å². The summed E-state index contributed by atoms with van der Waals surface area (Å²) in [5, 5.41) is 3.02. The van der Waals surface area contributed by atoms with Gasteiger partial charge in [-0.1, -0.05) is 6.92 Å². The molecule has 0 spiro atoms. The van der Waals surface area contributed by atoms with E-state index < -0.39 is 10.0 Å². The van der Waals surface area contributed by atoms with Crippen molar-refractivity contribution < 1.29 is 8.42 Å². The van der Waals surface area contributed by atoms with Crippen molar-refractivity contribution in [3.8, 4) is 0 Å². The van der Waals surface area contributed by atoms with Gasteiger partial charge in [0.2, 0.25) is 0 Å². The molecule has 6 nitrogen and oxygen atoms in total. The normalized spacial score (nSPS) is 11.1. The van der Waals surface area contributed by atoms with Gasteiger partial charge in [-0.2, -0.15) is 0 Å². The molecule has 0 aliphatic rings. The van der Waals surface area contributed by atoms with Gasteiger partial charge in [0, 0.05) is 29.6 Å². The Hall–Kier alpha value is -1.67. The highest BCUT2D eigenvalue weighted by atomic mass is 79.9. The second-order valence-corrected chi connectivity index (χ2v) is 6.83. The van der Waals surface area contributed by atoms with Crippen molar-refractivity contribution >= 4 is 37.5 Å².